The fourth-order valence-electron chi connectivity index (χ4n) is 2.64. The molecule has 26 heavy (non-hydrogen) atoms. The van der Waals surface area contributed by atoms with Crippen LogP contribution >= 0.6 is 0 Å². The average molecular weight is 375 g/mol. The summed E-state index contributed by atoms with van der Waals surface area (Å²) >= 11 is 0. The molecule has 2 N–H and O–H groups in total. The van der Waals surface area contributed by atoms with Gasteiger partial charge in [0.2, 0.25) is 15.9 Å². The summed E-state index contributed by atoms with van der Waals surface area (Å²) in [5, 5.41) is 2.92. The van der Waals surface area contributed by atoms with Gasteiger partial charge in [-0.05, 0) is 63.4 Å². The van der Waals surface area contributed by atoms with E-state index in [0.29, 0.717) is 12.8 Å². The lowest BCUT2D eigenvalue weighted by molar-refractivity contribution is -0.116. The van der Waals surface area contributed by atoms with Crippen molar-refractivity contribution in [1.82, 2.24) is 4.72 Å². The SMILES string of the molecule is Cc1ccc(NC(=O)CCc2ccc(S(=O)(=O)NC(C)C)cc2)c(C)c1. The number of aryl methyl sites for hydroxylation is 3. The van der Waals surface area contributed by atoms with Crippen LogP contribution in [0.2, 0.25) is 0 Å². The van der Waals surface area contributed by atoms with Crippen LogP contribution in [0, 0.1) is 13.8 Å². The number of benzene rings is 2. The first-order valence-electron chi connectivity index (χ1n) is 8.66. The van der Waals surface area contributed by atoms with Gasteiger partial charge in [-0.3, -0.25) is 4.79 Å². The van der Waals surface area contributed by atoms with E-state index in [2.05, 4.69) is 10.0 Å². The maximum atomic E-state index is 12.2. The Labute approximate surface area is 155 Å². The molecule has 0 saturated heterocycles. The van der Waals surface area contributed by atoms with Gasteiger partial charge in [0.15, 0.2) is 0 Å². The molecule has 6 heteroatoms. The highest BCUT2D eigenvalue weighted by Gasteiger charge is 2.15. The lowest BCUT2D eigenvalue weighted by Crippen LogP contribution is -2.30. The number of carbonyl (C=O) groups excluding carboxylic acids is 1. The van der Waals surface area contributed by atoms with E-state index in [-0.39, 0.29) is 16.8 Å². The van der Waals surface area contributed by atoms with Crippen LogP contribution in [0.1, 0.15) is 37.0 Å². The molecule has 0 atom stereocenters. The number of anilines is 1. The van der Waals surface area contributed by atoms with E-state index in [1.807, 2.05) is 32.0 Å². The molecule has 0 spiro atoms. The molecule has 0 radical (unpaired) electrons. The third-order valence-electron chi connectivity index (χ3n) is 3.92. The van der Waals surface area contributed by atoms with Crippen molar-refractivity contribution in [3.63, 3.8) is 0 Å². The van der Waals surface area contributed by atoms with Crippen LogP contribution in [0.25, 0.3) is 0 Å². The number of amides is 1. The summed E-state index contributed by atoms with van der Waals surface area (Å²) in [6.07, 6.45) is 0.887. The molecule has 0 saturated carbocycles. The summed E-state index contributed by atoms with van der Waals surface area (Å²) in [5.74, 6) is -0.0601. The zero-order chi connectivity index (χ0) is 19.3. The van der Waals surface area contributed by atoms with Crippen molar-refractivity contribution in [2.75, 3.05) is 5.32 Å². The fraction of sp³-hybridized carbons (Fsp3) is 0.350. The van der Waals surface area contributed by atoms with Crippen molar-refractivity contribution in [1.29, 1.82) is 0 Å². The molecule has 0 bridgehead atoms. The van der Waals surface area contributed by atoms with Crippen LogP contribution in [-0.2, 0) is 21.2 Å². The predicted molar refractivity (Wildman–Crippen MR) is 105 cm³/mol. The summed E-state index contributed by atoms with van der Waals surface area (Å²) in [5.41, 5.74) is 3.93. The van der Waals surface area contributed by atoms with E-state index in [1.165, 1.54) is 0 Å². The molecule has 1 amide bonds. The quantitative estimate of drug-likeness (QED) is 0.778. The molecule has 0 heterocycles. The molecule has 0 unspecified atom stereocenters. The molecule has 0 aliphatic carbocycles. The molecule has 2 rings (SSSR count). The van der Waals surface area contributed by atoms with Crippen LogP contribution in [0.4, 0.5) is 5.69 Å². The maximum Gasteiger partial charge on any atom is 0.240 e. The molecule has 0 aliphatic rings. The Bertz CT molecular complexity index is 872. The van der Waals surface area contributed by atoms with Gasteiger partial charge in [-0.2, -0.15) is 0 Å². The van der Waals surface area contributed by atoms with Gasteiger partial charge in [-0.1, -0.05) is 29.8 Å². The Balaban J connectivity index is 1.94. The highest BCUT2D eigenvalue weighted by molar-refractivity contribution is 7.89. The minimum absolute atomic E-state index is 0.0601. The summed E-state index contributed by atoms with van der Waals surface area (Å²) in [7, 11) is -3.49. The average Bonchev–Trinajstić information content (AvgIpc) is 2.55. The fourth-order valence-corrected chi connectivity index (χ4v) is 3.89. The second-order valence-corrected chi connectivity index (χ2v) is 8.50. The van der Waals surface area contributed by atoms with Gasteiger partial charge in [0, 0.05) is 18.2 Å². The van der Waals surface area contributed by atoms with E-state index in [1.54, 1.807) is 38.1 Å². The maximum absolute atomic E-state index is 12.2. The van der Waals surface area contributed by atoms with Crippen LogP contribution in [-0.4, -0.2) is 20.4 Å². The molecule has 2 aromatic rings. The molecule has 5 nitrogen and oxygen atoms in total. The van der Waals surface area contributed by atoms with Gasteiger partial charge in [-0.15, -0.1) is 0 Å². The summed E-state index contributed by atoms with van der Waals surface area (Å²) in [6.45, 7) is 7.53. The van der Waals surface area contributed by atoms with Gasteiger partial charge in [0.1, 0.15) is 0 Å². The van der Waals surface area contributed by atoms with Gasteiger partial charge in [0.05, 0.1) is 4.90 Å². The summed E-state index contributed by atoms with van der Waals surface area (Å²) in [6, 6.07) is 12.4. The minimum Gasteiger partial charge on any atom is -0.326 e. The Kier molecular flexibility index (Phi) is 6.56. The second-order valence-electron chi connectivity index (χ2n) is 6.79. The largest absolute Gasteiger partial charge is 0.326 e. The first kappa shape index (κ1) is 20.1. The number of hydrogen-bond acceptors (Lipinski definition) is 3. The topological polar surface area (TPSA) is 75.3 Å². The minimum atomic E-state index is -3.49. The third-order valence-corrected chi connectivity index (χ3v) is 5.60. The van der Waals surface area contributed by atoms with Crippen LogP contribution in [0.15, 0.2) is 47.4 Å². The lowest BCUT2D eigenvalue weighted by atomic mass is 10.1. The van der Waals surface area contributed by atoms with Gasteiger partial charge in [0.25, 0.3) is 0 Å². The monoisotopic (exact) mass is 374 g/mol. The van der Waals surface area contributed by atoms with Gasteiger partial charge < -0.3 is 5.32 Å². The molecule has 2 aromatic carbocycles. The van der Waals surface area contributed by atoms with Crippen molar-refractivity contribution < 1.29 is 13.2 Å². The third kappa shape index (κ3) is 5.68. The Hall–Kier alpha value is -2.18. The van der Waals surface area contributed by atoms with E-state index < -0.39 is 10.0 Å². The predicted octanol–water partition coefficient (Wildman–Crippen LogP) is 3.56. The number of sulfonamides is 1. The van der Waals surface area contributed by atoms with Crippen molar-refractivity contribution >= 4 is 21.6 Å². The molecule has 0 fully saturated rings. The van der Waals surface area contributed by atoms with E-state index in [4.69, 9.17) is 0 Å². The summed E-state index contributed by atoms with van der Waals surface area (Å²) in [4.78, 5) is 12.4. The van der Waals surface area contributed by atoms with Crippen molar-refractivity contribution in [3.05, 3.63) is 59.2 Å². The van der Waals surface area contributed by atoms with Gasteiger partial charge in [-0.25, -0.2) is 13.1 Å². The highest BCUT2D eigenvalue weighted by Crippen LogP contribution is 2.17. The number of rotatable bonds is 7. The molecular weight excluding hydrogens is 348 g/mol. The Morgan fingerprint density at radius 3 is 2.27 bits per heavy atom. The normalized spacial score (nSPS) is 11.6. The van der Waals surface area contributed by atoms with Crippen molar-refractivity contribution in [2.45, 2.75) is 51.5 Å². The molecule has 140 valence electrons. The van der Waals surface area contributed by atoms with E-state index in [0.717, 1.165) is 22.4 Å². The molecule has 0 aromatic heterocycles. The van der Waals surface area contributed by atoms with E-state index >= 15 is 0 Å². The molecule has 0 aliphatic heterocycles. The van der Waals surface area contributed by atoms with Crippen molar-refractivity contribution in [2.24, 2.45) is 0 Å². The standard InChI is InChI=1S/C20H26N2O3S/c1-14(2)22-26(24,25)18-9-6-17(7-10-18)8-12-20(23)21-19-11-5-15(3)13-16(19)4/h5-7,9-11,13-14,22H,8,12H2,1-4H3,(H,21,23). The number of nitrogens with one attached hydrogen (secondary N) is 2. The Morgan fingerprint density at radius 1 is 1.04 bits per heavy atom. The summed E-state index contributed by atoms with van der Waals surface area (Å²) < 4.78 is 26.8. The second kappa shape index (κ2) is 8.47. The Morgan fingerprint density at radius 2 is 1.69 bits per heavy atom. The van der Waals surface area contributed by atoms with Crippen LogP contribution < -0.4 is 10.0 Å². The number of carbonyl (C=O) groups is 1. The smallest absolute Gasteiger partial charge is 0.240 e. The molecular formula is C20H26N2O3S. The number of hydrogen-bond donors (Lipinski definition) is 2. The zero-order valence-electron chi connectivity index (χ0n) is 15.7. The van der Waals surface area contributed by atoms with Crippen molar-refractivity contribution in [3.8, 4) is 0 Å². The van der Waals surface area contributed by atoms with Gasteiger partial charge >= 0.3 is 0 Å². The zero-order valence-corrected chi connectivity index (χ0v) is 16.5. The van der Waals surface area contributed by atoms with Crippen LogP contribution in [0.5, 0.6) is 0 Å². The first-order valence-corrected chi connectivity index (χ1v) is 10.1. The van der Waals surface area contributed by atoms with Crippen LogP contribution in [0.3, 0.4) is 0 Å². The first-order chi connectivity index (χ1) is 12.2. The highest BCUT2D eigenvalue weighted by atomic mass is 32.2. The van der Waals surface area contributed by atoms with E-state index in [9.17, 15) is 13.2 Å². The lowest BCUT2D eigenvalue weighted by Gasteiger charge is -2.11.